The Labute approximate surface area is 270 Å². The van der Waals surface area contributed by atoms with Crippen LogP contribution in [0.25, 0.3) is 11.3 Å². The first-order chi connectivity index (χ1) is 19.8. The van der Waals surface area contributed by atoms with Crippen molar-refractivity contribution in [3.8, 4) is 11.3 Å². The minimum absolute atomic E-state index is 0. The molecule has 0 aliphatic carbocycles. The quantitative estimate of drug-likeness (QED) is 0.140. The number of hydrogen-bond donors (Lipinski definition) is 0. The van der Waals surface area contributed by atoms with Crippen molar-refractivity contribution < 1.29 is 70.3 Å². The summed E-state index contributed by atoms with van der Waals surface area (Å²) >= 11 is 0. The summed E-state index contributed by atoms with van der Waals surface area (Å²) in [5.74, 6) is 0.176. The van der Waals surface area contributed by atoms with Crippen molar-refractivity contribution in [2.75, 3.05) is 0 Å². The van der Waals surface area contributed by atoms with Crippen LogP contribution in [0, 0.1) is 53.5 Å². The van der Waals surface area contributed by atoms with E-state index in [0.717, 1.165) is 5.69 Å². The van der Waals surface area contributed by atoms with Crippen LogP contribution in [-0.2, 0) is 70.3 Å². The van der Waals surface area contributed by atoms with Gasteiger partial charge >= 0.3 is 79.1 Å². The van der Waals surface area contributed by atoms with Crippen molar-refractivity contribution in [2.45, 2.75) is 12.8 Å². The SMILES string of the molecule is Cc1cccnc1-c1ccccc1C(c1ccccc1)c1ccccc1.[C-]#[O+].[C-]#[O+].[C-]#[O+].[C-]#[O+].[C-]#[O+].[C-]#[O+].[C-]#[O+].[Cr].[Re]. The van der Waals surface area contributed by atoms with E-state index >= 15 is 0 Å². The van der Waals surface area contributed by atoms with Crippen molar-refractivity contribution in [1.82, 2.24) is 4.98 Å². The zero-order valence-electron chi connectivity index (χ0n) is 22.0. The molecule has 0 saturated heterocycles. The van der Waals surface area contributed by atoms with E-state index in [-0.39, 0.29) is 43.7 Å². The molecule has 0 bridgehead atoms. The predicted octanol–water partition coefficient (Wildman–Crippen LogP) is 5.97. The van der Waals surface area contributed by atoms with Gasteiger partial charge in [0.05, 0.1) is 5.69 Å². The van der Waals surface area contributed by atoms with Gasteiger partial charge in [0.1, 0.15) is 0 Å². The van der Waals surface area contributed by atoms with Gasteiger partial charge in [0.2, 0.25) is 0 Å². The first-order valence-electron chi connectivity index (χ1n) is 10.4. The number of pyridine rings is 1. The van der Waals surface area contributed by atoms with Crippen LogP contribution in [0.1, 0.15) is 28.2 Å². The Balaban J connectivity index is -0.000000179. The normalized spacial score (nSPS) is 7.05. The average molecular weight is 770 g/mol. The molecule has 4 rings (SSSR count). The van der Waals surface area contributed by atoms with Crippen LogP contribution in [0.15, 0.2) is 103 Å². The number of nitrogens with zero attached hydrogens (tertiary/aromatic N) is 1. The molecule has 0 N–H and O–H groups in total. The first-order valence-corrected chi connectivity index (χ1v) is 10.4. The smallest absolute Gasteiger partial charge is 0 e. The van der Waals surface area contributed by atoms with Gasteiger partial charge in [-0.3, -0.25) is 4.98 Å². The Morgan fingerprint density at radius 3 is 1.24 bits per heavy atom. The molecular weight excluding hydrogens is 749 g/mol. The Morgan fingerprint density at radius 1 is 0.500 bits per heavy atom. The second-order valence-corrected chi connectivity index (χ2v) is 6.51. The van der Waals surface area contributed by atoms with Gasteiger partial charge in [0.15, 0.2) is 0 Å². The molecule has 0 fully saturated rings. The van der Waals surface area contributed by atoms with Gasteiger partial charge in [0.25, 0.3) is 0 Å². The molecule has 1 heterocycles. The molecule has 42 heavy (non-hydrogen) atoms. The van der Waals surface area contributed by atoms with Gasteiger partial charge in [-0.05, 0) is 35.2 Å². The summed E-state index contributed by atoms with van der Waals surface area (Å²) in [5.41, 5.74) is 7.31. The molecule has 0 amide bonds. The van der Waals surface area contributed by atoms with Crippen LogP contribution in [0.5, 0.6) is 0 Å². The standard InChI is InChI=1S/C25H21N.7CO.Cr.Re/c1-19-11-10-18-26-25(19)23-17-9-8-16-22(23)24(20-12-4-2-5-13-20)21-14-6-3-7-15-21;7*1-2;;/h2-18,24H,1H3;;;;;;;;;. The van der Waals surface area contributed by atoms with Gasteiger partial charge in [-0.2, -0.15) is 0 Å². The maximum atomic E-state index is 7.50. The fourth-order valence-electron chi connectivity index (χ4n) is 3.57. The van der Waals surface area contributed by atoms with E-state index in [9.17, 15) is 0 Å². The fraction of sp³-hybridized carbons (Fsp3) is 0.0625. The van der Waals surface area contributed by atoms with E-state index in [1.807, 2.05) is 12.3 Å². The zero-order chi connectivity index (χ0) is 31.8. The van der Waals surface area contributed by atoms with E-state index < -0.39 is 0 Å². The summed E-state index contributed by atoms with van der Waals surface area (Å²) in [6.07, 6.45) is 1.87. The van der Waals surface area contributed by atoms with Gasteiger partial charge in [0, 0.05) is 55.5 Å². The first kappa shape index (κ1) is 51.0. The number of benzene rings is 3. The molecule has 0 saturated carbocycles. The summed E-state index contributed by atoms with van der Waals surface area (Å²) in [6.45, 7) is 33.6. The average Bonchev–Trinajstić information content (AvgIpc) is 3.09. The molecule has 8 nitrogen and oxygen atoms in total. The number of rotatable bonds is 4. The predicted molar refractivity (Wildman–Crippen MR) is 136 cm³/mol. The summed E-state index contributed by atoms with van der Waals surface area (Å²) in [6, 6.07) is 34.2. The van der Waals surface area contributed by atoms with Crippen molar-refractivity contribution >= 4 is 0 Å². The molecular formula is C32H21CrNO7Re. The zero-order valence-corrected chi connectivity index (χ0v) is 26.0. The van der Waals surface area contributed by atoms with Crippen LogP contribution in [0.4, 0.5) is 0 Å². The molecule has 209 valence electrons. The molecule has 1 aromatic heterocycles. The molecule has 1 radical (unpaired) electrons. The largest absolute Gasteiger partial charge is 0 e. The molecule has 0 atom stereocenters. The molecule has 0 spiro atoms. The summed E-state index contributed by atoms with van der Waals surface area (Å²) in [4.78, 5) is 4.68. The Morgan fingerprint density at radius 2 is 0.857 bits per heavy atom. The van der Waals surface area contributed by atoms with E-state index in [1.54, 1.807) is 0 Å². The molecule has 0 aliphatic rings. The monoisotopic (exact) mass is 770 g/mol. The summed E-state index contributed by atoms with van der Waals surface area (Å²) < 4.78 is 52.5. The topological polar surface area (TPSA) is 152 Å². The molecule has 0 unspecified atom stereocenters. The number of hydrogen-bond acceptors (Lipinski definition) is 1. The van der Waals surface area contributed by atoms with Crippen molar-refractivity contribution in [3.63, 3.8) is 0 Å². The van der Waals surface area contributed by atoms with Crippen LogP contribution >= 0.6 is 0 Å². The molecule has 0 aliphatic heterocycles. The maximum absolute atomic E-state index is 7.50. The third-order valence-corrected chi connectivity index (χ3v) is 4.80. The van der Waals surface area contributed by atoms with Gasteiger partial charge in [-0.25, -0.2) is 0 Å². The molecule has 3 aromatic carbocycles. The van der Waals surface area contributed by atoms with E-state index in [4.69, 9.17) is 32.6 Å². The fourth-order valence-corrected chi connectivity index (χ4v) is 3.57. The van der Waals surface area contributed by atoms with Crippen LogP contribution in [0.3, 0.4) is 0 Å². The van der Waals surface area contributed by atoms with E-state index in [0.29, 0.717) is 0 Å². The van der Waals surface area contributed by atoms with Gasteiger partial charge in [-0.15, -0.1) is 0 Å². The van der Waals surface area contributed by atoms with Crippen LogP contribution in [-0.4, -0.2) is 4.98 Å². The van der Waals surface area contributed by atoms with Crippen molar-refractivity contribution in [3.05, 3.63) is 172 Å². The van der Waals surface area contributed by atoms with Crippen LogP contribution in [0.2, 0.25) is 0 Å². The van der Waals surface area contributed by atoms with E-state index in [1.165, 1.54) is 27.8 Å². The van der Waals surface area contributed by atoms with Gasteiger partial charge < -0.3 is 0 Å². The van der Waals surface area contributed by atoms with Gasteiger partial charge in [-0.1, -0.05) is 91.0 Å². The minimum atomic E-state index is 0. The third-order valence-electron chi connectivity index (χ3n) is 4.80. The Hall–Kier alpha value is -3.82. The number of aromatic nitrogens is 1. The van der Waals surface area contributed by atoms with E-state index in [2.05, 4.69) is 149 Å². The minimum Gasteiger partial charge on any atom is 0 e. The maximum Gasteiger partial charge on any atom is 0 e. The summed E-state index contributed by atoms with van der Waals surface area (Å²) in [5, 5.41) is 0. The second-order valence-electron chi connectivity index (χ2n) is 6.51. The summed E-state index contributed by atoms with van der Waals surface area (Å²) in [7, 11) is 0. The van der Waals surface area contributed by atoms with Crippen molar-refractivity contribution in [2.24, 2.45) is 0 Å². The molecule has 10 heteroatoms. The molecule has 4 aromatic rings. The van der Waals surface area contributed by atoms with Crippen LogP contribution < -0.4 is 0 Å². The Bertz CT molecular complexity index is 1240. The Kier molecular flexibility index (Phi) is 47.7. The van der Waals surface area contributed by atoms with Crippen molar-refractivity contribution in [1.29, 1.82) is 0 Å². The second kappa shape index (κ2) is 39.3. The number of aryl methyl sites for hydroxylation is 1. The third kappa shape index (κ3) is 17.8.